The lowest BCUT2D eigenvalue weighted by Crippen LogP contribution is -2.58. The lowest BCUT2D eigenvalue weighted by molar-refractivity contribution is 0.00637. The molecule has 0 bridgehead atoms. The predicted octanol–water partition coefficient (Wildman–Crippen LogP) is 0.492. The van der Waals surface area contributed by atoms with Crippen LogP contribution in [0.4, 0.5) is 0 Å². The van der Waals surface area contributed by atoms with Crippen LogP contribution in [-0.4, -0.2) is 44.1 Å². The molecule has 0 radical (unpaired) electrons. The predicted molar refractivity (Wildman–Crippen MR) is 63.8 cm³/mol. The minimum atomic E-state index is -3.38. The van der Waals surface area contributed by atoms with Crippen LogP contribution in [0.1, 0.15) is 34.1 Å². The second-order valence-electron chi connectivity index (χ2n) is 4.95. The van der Waals surface area contributed by atoms with E-state index in [4.69, 9.17) is 4.74 Å². The Morgan fingerprint density at radius 2 is 1.75 bits per heavy atom. The molecule has 0 fully saturated rings. The summed E-state index contributed by atoms with van der Waals surface area (Å²) in [7, 11) is -1.86. The quantitative estimate of drug-likeness (QED) is 0.648. The summed E-state index contributed by atoms with van der Waals surface area (Å²) < 4.78 is 30.7. The van der Waals surface area contributed by atoms with Gasteiger partial charge in [0.25, 0.3) is 0 Å². The Hall–Kier alpha value is -0.170. The number of ether oxygens (including phenoxy) is 1. The van der Waals surface area contributed by atoms with Crippen molar-refractivity contribution in [3.05, 3.63) is 0 Å². The highest BCUT2D eigenvalue weighted by molar-refractivity contribution is 7.89. The molecular weight excluding hydrogens is 230 g/mol. The summed E-state index contributed by atoms with van der Waals surface area (Å²) >= 11 is 0. The van der Waals surface area contributed by atoms with E-state index in [0.717, 1.165) is 0 Å². The number of nitrogens with one attached hydrogen (secondary N) is 1. The van der Waals surface area contributed by atoms with Crippen LogP contribution in [-0.2, 0) is 14.8 Å². The zero-order valence-corrected chi connectivity index (χ0v) is 11.5. The molecule has 0 aliphatic heterocycles. The number of rotatable bonds is 7. The normalized spacial score (nSPS) is 14.1. The monoisotopic (exact) mass is 253 g/mol. The van der Waals surface area contributed by atoms with E-state index < -0.39 is 21.2 Å². The second-order valence-corrected chi connectivity index (χ2v) is 6.79. The topological polar surface area (TPSA) is 75.6 Å². The molecule has 0 unspecified atom stereocenters. The third-order valence-corrected chi connectivity index (χ3v) is 4.35. The van der Waals surface area contributed by atoms with Crippen molar-refractivity contribution in [1.82, 2.24) is 4.72 Å². The molecule has 0 aliphatic carbocycles. The highest BCUT2D eigenvalue weighted by Crippen LogP contribution is 2.21. The summed E-state index contributed by atoms with van der Waals surface area (Å²) in [6, 6.07) is 0. The minimum Gasteiger partial charge on any atom is -0.389 e. The SMILES string of the molecule is COCCCS(=O)(=O)NC(C)(C)C(C)(C)O. The first-order valence-electron chi connectivity index (χ1n) is 5.25. The van der Waals surface area contributed by atoms with Gasteiger partial charge in [-0.1, -0.05) is 0 Å². The van der Waals surface area contributed by atoms with Gasteiger partial charge in [-0.25, -0.2) is 13.1 Å². The average molecular weight is 253 g/mol. The van der Waals surface area contributed by atoms with Crippen molar-refractivity contribution in [1.29, 1.82) is 0 Å². The van der Waals surface area contributed by atoms with Crippen molar-refractivity contribution in [2.24, 2.45) is 0 Å². The summed E-state index contributed by atoms with van der Waals surface area (Å²) in [5.74, 6) is 0.000347. The molecule has 2 N–H and O–H groups in total. The molecule has 0 spiro atoms. The van der Waals surface area contributed by atoms with Crippen LogP contribution in [0.15, 0.2) is 0 Å². The number of methoxy groups -OCH3 is 1. The van der Waals surface area contributed by atoms with Crippen LogP contribution in [0.3, 0.4) is 0 Å². The Labute approximate surface area is 98.2 Å². The van der Waals surface area contributed by atoms with Gasteiger partial charge >= 0.3 is 0 Å². The van der Waals surface area contributed by atoms with Gasteiger partial charge in [0.1, 0.15) is 0 Å². The third-order valence-electron chi connectivity index (χ3n) is 2.70. The van der Waals surface area contributed by atoms with Crippen molar-refractivity contribution < 1.29 is 18.3 Å². The maximum atomic E-state index is 11.7. The van der Waals surface area contributed by atoms with E-state index in [-0.39, 0.29) is 5.75 Å². The van der Waals surface area contributed by atoms with Crippen LogP contribution < -0.4 is 4.72 Å². The van der Waals surface area contributed by atoms with E-state index in [2.05, 4.69) is 4.72 Å². The molecule has 0 aromatic carbocycles. The Kier molecular flexibility index (Phi) is 5.38. The summed E-state index contributed by atoms with van der Waals surface area (Å²) in [6.45, 7) is 6.86. The molecule has 0 saturated carbocycles. The Morgan fingerprint density at radius 3 is 2.12 bits per heavy atom. The van der Waals surface area contributed by atoms with Crippen molar-refractivity contribution in [3.8, 4) is 0 Å². The highest BCUT2D eigenvalue weighted by Gasteiger charge is 2.38. The summed E-state index contributed by atoms with van der Waals surface area (Å²) in [5.41, 5.74) is -2.03. The first kappa shape index (κ1) is 15.8. The molecule has 16 heavy (non-hydrogen) atoms. The molecule has 0 aromatic heterocycles. The molecule has 0 heterocycles. The molecule has 5 nitrogen and oxygen atoms in total. The van der Waals surface area contributed by atoms with Gasteiger partial charge in [-0.15, -0.1) is 0 Å². The first-order valence-corrected chi connectivity index (χ1v) is 6.90. The van der Waals surface area contributed by atoms with Gasteiger partial charge < -0.3 is 9.84 Å². The van der Waals surface area contributed by atoms with Crippen LogP contribution >= 0.6 is 0 Å². The second kappa shape index (κ2) is 5.44. The van der Waals surface area contributed by atoms with Gasteiger partial charge in [-0.2, -0.15) is 0 Å². The van der Waals surface area contributed by atoms with Crippen LogP contribution in [0, 0.1) is 0 Å². The van der Waals surface area contributed by atoms with E-state index in [0.29, 0.717) is 13.0 Å². The van der Waals surface area contributed by atoms with E-state index in [1.54, 1.807) is 27.7 Å². The molecular formula is C10H23NO4S. The van der Waals surface area contributed by atoms with Crippen molar-refractivity contribution in [3.63, 3.8) is 0 Å². The molecule has 0 amide bonds. The van der Waals surface area contributed by atoms with E-state index >= 15 is 0 Å². The van der Waals surface area contributed by atoms with Gasteiger partial charge in [0.05, 0.1) is 16.9 Å². The third kappa shape index (κ3) is 5.25. The fourth-order valence-corrected chi connectivity index (χ4v) is 2.59. The van der Waals surface area contributed by atoms with Crippen molar-refractivity contribution in [2.75, 3.05) is 19.5 Å². The number of hydrogen-bond donors (Lipinski definition) is 2. The van der Waals surface area contributed by atoms with Gasteiger partial charge in [-0.05, 0) is 34.1 Å². The van der Waals surface area contributed by atoms with Gasteiger partial charge in [0.15, 0.2) is 0 Å². The molecule has 0 aliphatic rings. The van der Waals surface area contributed by atoms with Crippen molar-refractivity contribution >= 4 is 10.0 Å². The fourth-order valence-electron chi connectivity index (χ4n) is 0.958. The summed E-state index contributed by atoms with van der Waals surface area (Å²) in [6.07, 6.45) is 0.438. The zero-order chi connectivity index (χ0) is 13.0. The van der Waals surface area contributed by atoms with Crippen LogP contribution in [0.5, 0.6) is 0 Å². The highest BCUT2D eigenvalue weighted by atomic mass is 32.2. The van der Waals surface area contributed by atoms with Gasteiger partial charge in [-0.3, -0.25) is 0 Å². The number of sulfonamides is 1. The lowest BCUT2D eigenvalue weighted by atomic mass is 9.87. The fraction of sp³-hybridized carbons (Fsp3) is 1.00. The largest absolute Gasteiger partial charge is 0.389 e. The zero-order valence-electron chi connectivity index (χ0n) is 10.7. The van der Waals surface area contributed by atoms with Gasteiger partial charge in [0, 0.05) is 13.7 Å². The van der Waals surface area contributed by atoms with Crippen molar-refractivity contribution in [2.45, 2.75) is 45.3 Å². The maximum absolute atomic E-state index is 11.7. The standard InChI is InChI=1S/C10H23NO4S/c1-9(2,10(3,4)12)11-16(13,14)8-6-7-15-5/h11-12H,6-8H2,1-5H3. The summed E-state index contributed by atoms with van der Waals surface area (Å²) in [4.78, 5) is 0. The molecule has 98 valence electrons. The first-order chi connectivity index (χ1) is 7.02. The van der Waals surface area contributed by atoms with E-state index in [1.807, 2.05) is 0 Å². The Bertz CT molecular complexity index is 303. The average Bonchev–Trinajstić information content (AvgIpc) is 1.99. The number of hydrogen-bond acceptors (Lipinski definition) is 4. The lowest BCUT2D eigenvalue weighted by Gasteiger charge is -2.37. The van der Waals surface area contributed by atoms with Gasteiger partial charge in [0.2, 0.25) is 10.0 Å². The Morgan fingerprint density at radius 1 is 1.25 bits per heavy atom. The molecule has 0 aromatic rings. The van der Waals surface area contributed by atoms with E-state index in [9.17, 15) is 13.5 Å². The Balaban J connectivity index is 4.48. The van der Waals surface area contributed by atoms with Crippen LogP contribution in [0.2, 0.25) is 0 Å². The number of aliphatic hydroxyl groups is 1. The molecule has 0 rings (SSSR count). The smallest absolute Gasteiger partial charge is 0.212 e. The van der Waals surface area contributed by atoms with Crippen LogP contribution in [0.25, 0.3) is 0 Å². The molecule has 6 heteroatoms. The molecule has 0 saturated heterocycles. The maximum Gasteiger partial charge on any atom is 0.212 e. The molecule has 0 atom stereocenters. The minimum absolute atomic E-state index is 0.000347. The summed E-state index contributed by atoms with van der Waals surface area (Å²) in [5, 5.41) is 9.83. The van der Waals surface area contributed by atoms with E-state index in [1.165, 1.54) is 7.11 Å².